The van der Waals surface area contributed by atoms with Gasteiger partial charge in [-0.3, -0.25) is 0 Å². The van der Waals surface area contributed by atoms with Crippen LogP contribution >= 0.6 is 0 Å². The number of aryl methyl sites for hydroxylation is 1. The van der Waals surface area contributed by atoms with Gasteiger partial charge in [-0.1, -0.05) is 54.6 Å². The van der Waals surface area contributed by atoms with Gasteiger partial charge < -0.3 is 4.74 Å². The van der Waals surface area contributed by atoms with Crippen molar-refractivity contribution in [2.45, 2.75) is 13.3 Å². The van der Waals surface area contributed by atoms with E-state index < -0.39 is 12.1 Å². The van der Waals surface area contributed by atoms with Gasteiger partial charge >= 0.3 is 6.36 Å². The van der Waals surface area contributed by atoms with Crippen molar-refractivity contribution in [1.29, 1.82) is 21.0 Å². The van der Waals surface area contributed by atoms with Gasteiger partial charge in [0.05, 0.1) is 42.5 Å². The third-order valence-electron chi connectivity index (χ3n) is 8.13. The molecule has 0 radical (unpaired) electrons. The van der Waals surface area contributed by atoms with Gasteiger partial charge in [0, 0.05) is 11.1 Å². The van der Waals surface area contributed by atoms with E-state index in [1.54, 1.807) is 55.5 Å². The summed E-state index contributed by atoms with van der Waals surface area (Å²) in [6.45, 7) is 17.6. The second kappa shape index (κ2) is 11.5. The van der Waals surface area contributed by atoms with Gasteiger partial charge in [-0.2, -0.15) is 10.5 Å². The summed E-state index contributed by atoms with van der Waals surface area (Å²) >= 11 is 0. The maximum absolute atomic E-state index is 13.1. The van der Waals surface area contributed by atoms with Gasteiger partial charge in [-0.25, -0.2) is 20.2 Å². The fraction of sp³-hybridized carbons (Fsp3) is 0.0526. The van der Waals surface area contributed by atoms with Crippen molar-refractivity contribution in [3.05, 3.63) is 146 Å². The molecule has 0 aromatic heterocycles. The molecule has 0 heterocycles. The Morgan fingerprint density at radius 1 is 0.667 bits per heavy atom. The summed E-state index contributed by atoms with van der Waals surface area (Å²) in [6, 6.07) is 27.2. The highest BCUT2D eigenvalue weighted by atomic mass is 19.4. The van der Waals surface area contributed by atoms with E-state index >= 15 is 0 Å². The SMILES string of the molecule is [C-]#[N+]/C(C#N)=C1C2=C(/C(=C(\C#N)[N+]#[C-])c3cccc(-c4ccc(OC(F)(F)F)c(C#N)c4)c32)c2c\1cccc2-c1ccc(C)c(C#N)c1. The molecule has 6 rings (SSSR count). The van der Waals surface area contributed by atoms with Gasteiger partial charge in [0.2, 0.25) is 0 Å². The van der Waals surface area contributed by atoms with Crippen LogP contribution in [0.4, 0.5) is 13.2 Å². The third-order valence-corrected chi connectivity index (χ3v) is 8.13. The molecule has 48 heavy (non-hydrogen) atoms. The molecule has 4 aromatic carbocycles. The predicted octanol–water partition coefficient (Wildman–Crippen LogP) is 9.22. The quantitative estimate of drug-likeness (QED) is 0.166. The first-order valence-electron chi connectivity index (χ1n) is 14.0. The van der Waals surface area contributed by atoms with Crippen molar-refractivity contribution in [2.24, 2.45) is 0 Å². The standard InChI is InChI=1S/C38H15F3N6O/c1-20-10-11-21(14-23(20)16-42)25-6-4-8-27-32(25)36-35(30(19-45)47-3)28-9-5-7-26(33(28)37(36)34(27)29(18-44)46-2)22-12-13-31(24(15-22)17-43)48-38(39,40)41/h4-15H,1H3/b34-29-,35-30+. The number of hydrogen-bond donors (Lipinski definition) is 0. The van der Waals surface area contributed by atoms with Crippen LogP contribution in [0.1, 0.15) is 38.9 Å². The molecular weight excluding hydrogens is 613 g/mol. The van der Waals surface area contributed by atoms with E-state index in [1.165, 1.54) is 12.1 Å². The minimum atomic E-state index is -5.03. The molecule has 0 aliphatic heterocycles. The number of allylic oxidation sites excluding steroid dienone is 6. The number of rotatable bonds is 3. The van der Waals surface area contributed by atoms with Crippen LogP contribution in [-0.2, 0) is 0 Å². The first-order valence-corrected chi connectivity index (χ1v) is 14.0. The number of alkyl halides is 3. The molecular formula is C38H15F3N6O. The number of ether oxygens (including phenoxy) is 1. The summed E-state index contributed by atoms with van der Waals surface area (Å²) in [7, 11) is 0. The molecule has 0 bridgehead atoms. The molecule has 2 aliphatic carbocycles. The Hall–Kier alpha value is -7.37. The maximum Gasteiger partial charge on any atom is 0.573 e. The van der Waals surface area contributed by atoms with E-state index in [4.69, 9.17) is 13.1 Å². The summed E-state index contributed by atoms with van der Waals surface area (Å²) in [5.74, 6) is -0.685. The highest BCUT2D eigenvalue weighted by Crippen LogP contribution is 2.62. The number of nitriles is 4. The molecule has 0 amide bonds. The largest absolute Gasteiger partial charge is 0.573 e. The molecule has 7 nitrogen and oxygen atoms in total. The number of hydrogen-bond acceptors (Lipinski definition) is 5. The van der Waals surface area contributed by atoms with Crippen molar-refractivity contribution in [1.82, 2.24) is 0 Å². The average molecular weight is 629 g/mol. The molecule has 2 aliphatic rings. The molecule has 4 aromatic rings. The number of fused-ring (bicyclic) bond motifs is 4. The van der Waals surface area contributed by atoms with Gasteiger partial charge in [0.1, 0.15) is 11.8 Å². The van der Waals surface area contributed by atoms with Crippen molar-refractivity contribution in [3.8, 4) is 52.3 Å². The van der Waals surface area contributed by atoms with Gasteiger partial charge in [0.15, 0.2) is 0 Å². The Labute approximate surface area is 272 Å². The number of benzene rings is 4. The zero-order valence-corrected chi connectivity index (χ0v) is 24.7. The number of nitrogens with zero attached hydrogens (tertiary/aromatic N) is 6. The zero-order chi connectivity index (χ0) is 34.3. The first kappa shape index (κ1) is 30.6. The van der Waals surface area contributed by atoms with E-state index in [1.807, 2.05) is 24.3 Å². The lowest BCUT2D eigenvalue weighted by molar-refractivity contribution is -0.274. The third kappa shape index (κ3) is 4.72. The van der Waals surface area contributed by atoms with Gasteiger partial charge in [-0.15, -0.1) is 13.2 Å². The highest BCUT2D eigenvalue weighted by Gasteiger charge is 2.42. The van der Waals surface area contributed by atoms with Crippen molar-refractivity contribution < 1.29 is 17.9 Å². The van der Waals surface area contributed by atoms with E-state index in [9.17, 15) is 34.2 Å². The smallest absolute Gasteiger partial charge is 0.404 e. The van der Waals surface area contributed by atoms with E-state index in [2.05, 4.69) is 20.5 Å². The first-order chi connectivity index (χ1) is 23.1. The second-order valence-corrected chi connectivity index (χ2v) is 10.6. The molecule has 224 valence electrons. The topological polar surface area (TPSA) is 113 Å². The molecule has 0 N–H and O–H groups in total. The zero-order valence-electron chi connectivity index (χ0n) is 24.7. The normalized spacial score (nSPS) is 14.5. The average Bonchev–Trinajstić information content (AvgIpc) is 3.59. The molecule has 0 spiro atoms. The Balaban J connectivity index is 1.76. The fourth-order valence-corrected chi connectivity index (χ4v) is 6.23. The van der Waals surface area contributed by atoms with Crippen LogP contribution in [0, 0.1) is 65.4 Å². The summed E-state index contributed by atoms with van der Waals surface area (Å²) in [4.78, 5) is 7.06. The number of halogens is 3. The maximum atomic E-state index is 13.1. The fourth-order valence-electron chi connectivity index (χ4n) is 6.23. The van der Waals surface area contributed by atoms with Gasteiger partial charge in [-0.05, 0) is 86.3 Å². The summed E-state index contributed by atoms with van der Waals surface area (Å²) in [5, 5.41) is 39.8. The van der Waals surface area contributed by atoms with Crippen molar-refractivity contribution in [3.63, 3.8) is 0 Å². The highest BCUT2D eigenvalue weighted by molar-refractivity contribution is 6.39. The second-order valence-electron chi connectivity index (χ2n) is 10.6. The predicted molar refractivity (Wildman–Crippen MR) is 170 cm³/mol. The van der Waals surface area contributed by atoms with Crippen LogP contribution in [0.5, 0.6) is 5.75 Å². The Morgan fingerprint density at radius 2 is 1.12 bits per heavy atom. The minimum Gasteiger partial charge on any atom is -0.404 e. The van der Waals surface area contributed by atoms with Crippen LogP contribution in [0.2, 0.25) is 0 Å². The van der Waals surface area contributed by atoms with Crippen LogP contribution in [0.3, 0.4) is 0 Å². The minimum absolute atomic E-state index is 0.255. The Bertz CT molecular complexity index is 2460. The van der Waals surface area contributed by atoms with Crippen molar-refractivity contribution in [2.75, 3.05) is 0 Å². The Kier molecular flexibility index (Phi) is 7.36. The van der Waals surface area contributed by atoms with E-state index in [-0.39, 0.29) is 28.1 Å². The molecule has 10 heteroatoms. The summed E-state index contributed by atoms with van der Waals surface area (Å²) in [6.07, 6.45) is -5.03. The van der Waals surface area contributed by atoms with Crippen LogP contribution in [0.25, 0.3) is 54.2 Å². The van der Waals surface area contributed by atoms with E-state index in [0.717, 1.165) is 11.6 Å². The van der Waals surface area contributed by atoms with Crippen molar-refractivity contribution >= 4 is 22.3 Å². The lowest BCUT2D eigenvalue weighted by atomic mass is 9.85. The van der Waals surface area contributed by atoms with Crippen LogP contribution < -0.4 is 4.74 Å². The van der Waals surface area contributed by atoms with E-state index in [0.29, 0.717) is 61.2 Å². The molecule has 0 saturated heterocycles. The molecule has 0 unspecified atom stereocenters. The monoisotopic (exact) mass is 628 g/mol. The van der Waals surface area contributed by atoms with Gasteiger partial charge in [0.25, 0.3) is 11.4 Å². The lowest BCUT2D eigenvalue weighted by Crippen LogP contribution is -2.17. The summed E-state index contributed by atoms with van der Waals surface area (Å²) in [5.41, 5.74) is 5.57. The molecule has 0 fully saturated rings. The van der Waals surface area contributed by atoms with Crippen LogP contribution in [0.15, 0.2) is 84.2 Å². The van der Waals surface area contributed by atoms with Crippen LogP contribution in [-0.4, -0.2) is 6.36 Å². The lowest BCUT2D eigenvalue weighted by Gasteiger charge is -2.18. The summed E-state index contributed by atoms with van der Waals surface area (Å²) < 4.78 is 43.2. The molecule has 0 saturated carbocycles. The Morgan fingerprint density at radius 3 is 1.56 bits per heavy atom. The molecule has 0 atom stereocenters.